The van der Waals surface area contributed by atoms with Crippen LogP contribution in [0.3, 0.4) is 0 Å². The van der Waals surface area contributed by atoms with Crippen molar-refractivity contribution < 1.29 is 9.53 Å². The van der Waals surface area contributed by atoms with Crippen LogP contribution in [0.5, 0.6) is 5.75 Å². The van der Waals surface area contributed by atoms with Crippen LogP contribution < -0.4 is 4.74 Å². The summed E-state index contributed by atoms with van der Waals surface area (Å²) in [6.45, 7) is 5.24. The van der Waals surface area contributed by atoms with Gasteiger partial charge < -0.3 is 4.74 Å². The molecule has 0 radical (unpaired) electrons. The molecule has 0 unspecified atom stereocenters. The molecular formula is C22H19O2S+. The molecule has 0 amide bonds. The van der Waals surface area contributed by atoms with Crippen molar-refractivity contribution >= 4 is 16.9 Å². The number of rotatable bonds is 5. The number of ether oxygens (including phenoxy) is 1. The fourth-order valence-corrected chi connectivity index (χ4v) is 4.44. The largest absolute Gasteiger partial charge is 0.423 e. The maximum Gasteiger partial charge on any atom is 0.338 e. The molecule has 0 aliphatic carbocycles. The molecule has 0 atom stereocenters. The van der Waals surface area contributed by atoms with E-state index < -0.39 is 5.97 Å². The SMILES string of the molecule is C=C(C)C(=O)Oc1ccc([S+](c2ccccc2)c2ccccc2)cc1. The minimum Gasteiger partial charge on any atom is -0.423 e. The zero-order valence-corrected chi connectivity index (χ0v) is 14.8. The van der Waals surface area contributed by atoms with Crippen LogP contribution in [-0.2, 0) is 15.7 Å². The van der Waals surface area contributed by atoms with Gasteiger partial charge in [0.25, 0.3) is 0 Å². The van der Waals surface area contributed by atoms with Crippen molar-refractivity contribution in [1.82, 2.24) is 0 Å². The van der Waals surface area contributed by atoms with E-state index in [-0.39, 0.29) is 10.9 Å². The minimum atomic E-state index is -0.405. The van der Waals surface area contributed by atoms with Gasteiger partial charge in [-0.2, -0.15) is 0 Å². The molecule has 0 spiro atoms. The highest BCUT2D eigenvalue weighted by molar-refractivity contribution is 7.97. The second kappa shape index (κ2) is 7.86. The Balaban J connectivity index is 1.94. The third-order valence-electron chi connectivity index (χ3n) is 3.58. The van der Waals surface area contributed by atoms with E-state index in [1.807, 2.05) is 36.4 Å². The molecule has 3 rings (SSSR count). The van der Waals surface area contributed by atoms with Crippen LogP contribution in [-0.4, -0.2) is 5.97 Å². The molecule has 2 nitrogen and oxygen atoms in total. The molecule has 0 aliphatic heterocycles. The third kappa shape index (κ3) is 4.20. The highest BCUT2D eigenvalue weighted by Gasteiger charge is 2.28. The van der Waals surface area contributed by atoms with Crippen LogP contribution in [0.15, 0.2) is 112 Å². The Morgan fingerprint density at radius 2 is 1.20 bits per heavy atom. The van der Waals surface area contributed by atoms with Crippen molar-refractivity contribution in [3.63, 3.8) is 0 Å². The number of carbonyl (C=O) groups is 1. The average molecular weight is 347 g/mol. The summed E-state index contributed by atoms with van der Waals surface area (Å²) >= 11 is 0. The molecule has 3 aromatic rings. The van der Waals surface area contributed by atoms with Gasteiger partial charge in [0, 0.05) is 5.57 Å². The molecule has 0 bridgehead atoms. The van der Waals surface area contributed by atoms with Gasteiger partial charge >= 0.3 is 5.97 Å². The molecule has 0 heterocycles. The van der Waals surface area contributed by atoms with E-state index in [0.29, 0.717) is 11.3 Å². The number of hydrogen-bond acceptors (Lipinski definition) is 2. The lowest BCUT2D eigenvalue weighted by atomic mass is 10.3. The molecule has 0 fully saturated rings. The maximum absolute atomic E-state index is 11.7. The standard InChI is InChI=1S/C22H19O2S/c1-17(2)22(23)24-18-13-15-21(16-14-18)25(19-9-5-3-6-10-19)20-11-7-4-8-12-20/h3-16H,1H2,2H3/q+1. The normalized spacial score (nSPS) is 10.5. The smallest absolute Gasteiger partial charge is 0.338 e. The average Bonchev–Trinajstić information content (AvgIpc) is 2.65. The van der Waals surface area contributed by atoms with Crippen LogP contribution in [0.1, 0.15) is 6.92 Å². The Hall–Kier alpha value is -2.78. The predicted molar refractivity (Wildman–Crippen MR) is 102 cm³/mol. The number of hydrogen-bond donors (Lipinski definition) is 0. The molecule has 25 heavy (non-hydrogen) atoms. The van der Waals surface area contributed by atoms with E-state index in [1.54, 1.807) is 6.92 Å². The summed E-state index contributed by atoms with van der Waals surface area (Å²) in [6.07, 6.45) is 0. The fraction of sp³-hybridized carbons (Fsp3) is 0.0455. The number of esters is 1. The van der Waals surface area contributed by atoms with Gasteiger partial charge in [-0.25, -0.2) is 4.79 Å². The van der Waals surface area contributed by atoms with Crippen LogP contribution >= 0.6 is 0 Å². The maximum atomic E-state index is 11.7. The summed E-state index contributed by atoms with van der Waals surface area (Å²) in [5.41, 5.74) is 0.386. The second-order valence-corrected chi connectivity index (χ2v) is 7.60. The Labute approximate surface area is 151 Å². The Kier molecular flexibility index (Phi) is 5.36. The van der Waals surface area contributed by atoms with Crippen LogP contribution in [0.2, 0.25) is 0 Å². The lowest BCUT2D eigenvalue weighted by Crippen LogP contribution is -2.08. The van der Waals surface area contributed by atoms with Crippen LogP contribution in [0.4, 0.5) is 0 Å². The number of benzene rings is 3. The summed E-state index contributed by atoms with van der Waals surface area (Å²) in [4.78, 5) is 15.3. The van der Waals surface area contributed by atoms with Crippen LogP contribution in [0, 0.1) is 0 Å². The van der Waals surface area contributed by atoms with Crippen molar-refractivity contribution in [2.45, 2.75) is 21.6 Å². The summed E-state index contributed by atoms with van der Waals surface area (Å²) in [5.74, 6) is 0.124. The first-order chi connectivity index (χ1) is 12.1. The Morgan fingerprint density at radius 1 is 0.760 bits per heavy atom. The van der Waals surface area contributed by atoms with Gasteiger partial charge in [0.05, 0.1) is 10.9 Å². The highest BCUT2D eigenvalue weighted by Crippen LogP contribution is 2.31. The lowest BCUT2D eigenvalue weighted by molar-refractivity contribution is -0.130. The van der Waals surface area contributed by atoms with Gasteiger partial charge in [0.15, 0.2) is 14.7 Å². The van der Waals surface area contributed by atoms with Gasteiger partial charge in [-0.05, 0) is 55.5 Å². The first kappa shape index (κ1) is 17.1. The summed E-state index contributed by atoms with van der Waals surface area (Å²) in [7, 11) is -0.202. The zero-order chi connectivity index (χ0) is 17.6. The van der Waals surface area contributed by atoms with Gasteiger partial charge in [0.2, 0.25) is 0 Å². The van der Waals surface area contributed by atoms with E-state index in [4.69, 9.17) is 4.74 Å². The minimum absolute atomic E-state index is 0.202. The highest BCUT2D eigenvalue weighted by atomic mass is 32.2. The van der Waals surface area contributed by atoms with Crippen molar-refractivity contribution in [3.05, 3.63) is 97.1 Å². The molecule has 3 aromatic carbocycles. The van der Waals surface area contributed by atoms with Crippen molar-refractivity contribution in [2.24, 2.45) is 0 Å². The summed E-state index contributed by atoms with van der Waals surface area (Å²) in [5, 5.41) is 0. The quantitative estimate of drug-likeness (QED) is 0.272. The van der Waals surface area contributed by atoms with Gasteiger partial charge in [-0.1, -0.05) is 43.0 Å². The molecule has 3 heteroatoms. The van der Waals surface area contributed by atoms with E-state index in [9.17, 15) is 4.79 Å². The van der Waals surface area contributed by atoms with Crippen molar-refractivity contribution in [2.75, 3.05) is 0 Å². The molecule has 0 aromatic heterocycles. The molecule has 0 N–H and O–H groups in total. The zero-order valence-electron chi connectivity index (χ0n) is 14.0. The molecule has 0 saturated heterocycles. The molecule has 0 saturated carbocycles. The Morgan fingerprint density at radius 3 is 1.64 bits per heavy atom. The van der Waals surface area contributed by atoms with Crippen molar-refractivity contribution in [1.29, 1.82) is 0 Å². The molecule has 0 aliphatic rings. The third-order valence-corrected chi connectivity index (χ3v) is 5.81. The van der Waals surface area contributed by atoms with E-state index in [2.05, 4.69) is 55.1 Å². The number of carbonyl (C=O) groups excluding carboxylic acids is 1. The van der Waals surface area contributed by atoms with Gasteiger partial charge in [0.1, 0.15) is 5.75 Å². The first-order valence-electron chi connectivity index (χ1n) is 7.97. The van der Waals surface area contributed by atoms with E-state index >= 15 is 0 Å². The summed E-state index contributed by atoms with van der Waals surface area (Å²) in [6, 6.07) is 28.6. The first-order valence-corrected chi connectivity index (χ1v) is 9.20. The van der Waals surface area contributed by atoms with E-state index in [0.717, 1.165) is 0 Å². The van der Waals surface area contributed by atoms with Gasteiger partial charge in [-0.3, -0.25) is 0 Å². The lowest BCUT2D eigenvalue weighted by Gasteiger charge is -2.09. The molecule has 124 valence electrons. The van der Waals surface area contributed by atoms with E-state index in [1.165, 1.54) is 14.7 Å². The Bertz CT molecular complexity index is 816. The molecular weight excluding hydrogens is 328 g/mol. The predicted octanol–water partition coefficient (Wildman–Crippen LogP) is 5.26. The van der Waals surface area contributed by atoms with Gasteiger partial charge in [-0.15, -0.1) is 0 Å². The fourth-order valence-electron chi connectivity index (χ4n) is 2.36. The summed E-state index contributed by atoms with van der Waals surface area (Å²) < 4.78 is 5.29. The topological polar surface area (TPSA) is 26.3 Å². The monoisotopic (exact) mass is 347 g/mol. The van der Waals surface area contributed by atoms with Crippen LogP contribution in [0.25, 0.3) is 0 Å². The van der Waals surface area contributed by atoms with Crippen molar-refractivity contribution in [3.8, 4) is 5.75 Å². The second-order valence-electron chi connectivity index (χ2n) is 5.57.